The number of esters is 1. The number of nitrogens with one attached hydrogen (secondary N) is 1. The lowest BCUT2D eigenvalue weighted by molar-refractivity contribution is 0.0602. The molecular formula is C14H22N2O4S2. The number of hydrogen-bond acceptors (Lipinski definition) is 6. The van der Waals surface area contributed by atoms with Crippen molar-refractivity contribution < 1.29 is 17.9 Å². The first-order valence-corrected chi connectivity index (χ1v) is 9.72. The second-order valence-electron chi connectivity index (χ2n) is 5.20. The van der Waals surface area contributed by atoms with Gasteiger partial charge in [-0.1, -0.05) is 6.92 Å². The van der Waals surface area contributed by atoms with Crippen LogP contribution >= 0.6 is 11.3 Å². The monoisotopic (exact) mass is 346 g/mol. The first kappa shape index (κ1) is 17.4. The van der Waals surface area contributed by atoms with E-state index in [1.165, 1.54) is 13.2 Å². The summed E-state index contributed by atoms with van der Waals surface area (Å²) in [6, 6.07) is 1.48. The SMILES string of the molecule is CCCN(C1CCNCC1)S(=O)(=O)c1ccsc1C(=O)OC. The highest BCUT2D eigenvalue weighted by Gasteiger charge is 2.35. The molecule has 0 unspecified atom stereocenters. The quantitative estimate of drug-likeness (QED) is 0.793. The number of thiophene rings is 1. The summed E-state index contributed by atoms with van der Waals surface area (Å²) in [5.74, 6) is -0.602. The summed E-state index contributed by atoms with van der Waals surface area (Å²) in [5.41, 5.74) is 0. The number of rotatable bonds is 6. The van der Waals surface area contributed by atoms with Crippen molar-refractivity contribution in [1.29, 1.82) is 0 Å². The van der Waals surface area contributed by atoms with Crippen LogP contribution < -0.4 is 5.32 Å². The zero-order valence-corrected chi connectivity index (χ0v) is 14.5. The molecule has 0 atom stereocenters. The molecule has 1 fully saturated rings. The van der Waals surface area contributed by atoms with E-state index in [0.29, 0.717) is 6.54 Å². The molecule has 0 amide bonds. The van der Waals surface area contributed by atoms with Crippen LogP contribution in [-0.4, -0.2) is 51.5 Å². The van der Waals surface area contributed by atoms with Gasteiger partial charge in [0.2, 0.25) is 10.0 Å². The van der Waals surface area contributed by atoms with Crippen LogP contribution in [0.25, 0.3) is 0 Å². The summed E-state index contributed by atoms with van der Waals surface area (Å²) in [5, 5.41) is 4.86. The summed E-state index contributed by atoms with van der Waals surface area (Å²) < 4.78 is 32.3. The lowest BCUT2D eigenvalue weighted by Gasteiger charge is -2.33. The van der Waals surface area contributed by atoms with Crippen LogP contribution in [0.5, 0.6) is 0 Å². The van der Waals surface area contributed by atoms with E-state index in [-0.39, 0.29) is 15.8 Å². The number of methoxy groups -OCH3 is 1. The molecule has 2 rings (SSSR count). The van der Waals surface area contributed by atoms with Crippen LogP contribution in [0.3, 0.4) is 0 Å². The van der Waals surface area contributed by atoms with Crippen LogP contribution in [0.1, 0.15) is 35.9 Å². The second-order valence-corrected chi connectivity index (χ2v) is 7.98. The molecule has 1 aromatic heterocycles. The molecule has 0 bridgehead atoms. The fourth-order valence-corrected chi connectivity index (χ4v) is 5.77. The molecule has 6 nitrogen and oxygen atoms in total. The Labute approximate surface area is 135 Å². The van der Waals surface area contributed by atoms with Gasteiger partial charge in [-0.2, -0.15) is 4.31 Å². The van der Waals surface area contributed by atoms with Gasteiger partial charge in [0.1, 0.15) is 9.77 Å². The molecular weight excluding hydrogens is 324 g/mol. The predicted molar refractivity (Wildman–Crippen MR) is 85.7 cm³/mol. The van der Waals surface area contributed by atoms with Crippen molar-refractivity contribution in [3.8, 4) is 0 Å². The lowest BCUT2D eigenvalue weighted by atomic mass is 10.1. The summed E-state index contributed by atoms with van der Waals surface area (Å²) >= 11 is 1.10. The first-order chi connectivity index (χ1) is 10.5. The molecule has 1 aliphatic heterocycles. The zero-order valence-electron chi connectivity index (χ0n) is 12.9. The van der Waals surface area contributed by atoms with Gasteiger partial charge in [-0.25, -0.2) is 13.2 Å². The van der Waals surface area contributed by atoms with Gasteiger partial charge in [-0.15, -0.1) is 11.3 Å². The Hall–Kier alpha value is -0.960. The third kappa shape index (κ3) is 3.51. The molecule has 2 heterocycles. The van der Waals surface area contributed by atoms with Crippen LogP contribution in [0.2, 0.25) is 0 Å². The Bertz CT molecular complexity index is 606. The van der Waals surface area contributed by atoms with E-state index in [1.807, 2.05) is 6.92 Å². The normalized spacial score (nSPS) is 16.9. The van der Waals surface area contributed by atoms with Crippen molar-refractivity contribution in [2.75, 3.05) is 26.7 Å². The van der Waals surface area contributed by atoms with Gasteiger partial charge >= 0.3 is 5.97 Å². The van der Waals surface area contributed by atoms with Gasteiger partial charge in [-0.05, 0) is 43.8 Å². The molecule has 1 N–H and O–H groups in total. The standard InChI is InChI=1S/C14H22N2O4S2/c1-3-9-16(11-4-7-15-8-5-11)22(18,19)12-6-10-21-13(12)14(17)20-2/h6,10-11,15H,3-5,7-9H2,1-2H3. The van der Waals surface area contributed by atoms with Crippen molar-refractivity contribution >= 4 is 27.3 Å². The van der Waals surface area contributed by atoms with Gasteiger partial charge in [0.15, 0.2) is 0 Å². The molecule has 0 aliphatic carbocycles. The number of piperidine rings is 1. The molecule has 1 saturated heterocycles. The van der Waals surface area contributed by atoms with E-state index in [4.69, 9.17) is 4.74 Å². The van der Waals surface area contributed by atoms with Crippen LogP contribution in [0.15, 0.2) is 16.3 Å². The second kappa shape index (κ2) is 7.54. The maximum absolute atomic E-state index is 13.0. The van der Waals surface area contributed by atoms with E-state index in [9.17, 15) is 13.2 Å². The van der Waals surface area contributed by atoms with E-state index < -0.39 is 16.0 Å². The minimum atomic E-state index is -3.69. The fraction of sp³-hybridized carbons (Fsp3) is 0.643. The highest BCUT2D eigenvalue weighted by atomic mass is 32.2. The smallest absolute Gasteiger partial charge is 0.349 e. The number of ether oxygens (including phenoxy) is 1. The molecule has 1 aromatic rings. The van der Waals surface area contributed by atoms with Gasteiger partial charge in [0.25, 0.3) is 0 Å². The fourth-order valence-electron chi connectivity index (χ4n) is 2.68. The number of carbonyl (C=O) groups is 1. The van der Waals surface area contributed by atoms with Crippen LogP contribution in [-0.2, 0) is 14.8 Å². The van der Waals surface area contributed by atoms with E-state index in [2.05, 4.69) is 5.32 Å². The van der Waals surface area contributed by atoms with Crippen molar-refractivity contribution in [3.05, 3.63) is 16.3 Å². The average Bonchev–Trinajstić information content (AvgIpc) is 3.03. The Morgan fingerprint density at radius 2 is 2.14 bits per heavy atom. The highest BCUT2D eigenvalue weighted by Crippen LogP contribution is 2.29. The predicted octanol–water partition coefficient (Wildman–Crippen LogP) is 1.69. The lowest BCUT2D eigenvalue weighted by Crippen LogP contribution is -2.46. The molecule has 0 radical (unpaired) electrons. The molecule has 22 heavy (non-hydrogen) atoms. The van der Waals surface area contributed by atoms with Gasteiger partial charge in [0.05, 0.1) is 7.11 Å². The number of hydrogen-bond donors (Lipinski definition) is 1. The van der Waals surface area contributed by atoms with Crippen molar-refractivity contribution in [2.24, 2.45) is 0 Å². The molecule has 0 aromatic carbocycles. The third-order valence-electron chi connectivity index (χ3n) is 3.75. The van der Waals surface area contributed by atoms with Gasteiger partial charge < -0.3 is 10.1 Å². The molecule has 1 aliphatic rings. The Morgan fingerprint density at radius 3 is 2.73 bits per heavy atom. The summed E-state index contributed by atoms with van der Waals surface area (Å²) in [6.07, 6.45) is 2.31. The number of sulfonamides is 1. The topological polar surface area (TPSA) is 75.7 Å². The molecule has 0 spiro atoms. The van der Waals surface area contributed by atoms with Crippen LogP contribution in [0.4, 0.5) is 0 Å². The largest absolute Gasteiger partial charge is 0.465 e. The maximum atomic E-state index is 13.0. The number of nitrogens with zero attached hydrogens (tertiary/aromatic N) is 1. The highest BCUT2D eigenvalue weighted by molar-refractivity contribution is 7.89. The third-order valence-corrected chi connectivity index (χ3v) is 6.76. The molecule has 124 valence electrons. The molecule has 8 heteroatoms. The molecule has 0 saturated carbocycles. The first-order valence-electron chi connectivity index (χ1n) is 7.40. The minimum Gasteiger partial charge on any atom is -0.465 e. The van der Waals surface area contributed by atoms with Crippen molar-refractivity contribution in [1.82, 2.24) is 9.62 Å². The van der Waals surface area contributed by atoms with Crippen LogP contribution in [0, 0.1) is 0 Å². The summed E-state index contributed by atoms with van der Waals surface area (Å²) in [6.45, 7) is 4.05. The zero-order chi connectivity index (χ0) is 16.2. The Kier molecular flexibility index (Phi) is 5.96. The average molecular weight is 346 g/mol. The minimum absolute atomic E-state index is 0.0170. The van der Waals surface area contributed by atoms with Crippen molar-refractivity contribution in [3.63, 3.8) is 0 Å². The van der Waals surface area contributed by atoms with Crippen molar-refractivity contribution in [2.45, 2.75) is 37.1 Å². The van der Waals surface area contributed by atoms with Gasteiger partial charge in [-0.3, -0.25) is 0 Å². The Balaban J connectivity index is 2.37. The maximum Gasteiger partial charge on any atom is 0.349 e. The van der Waals surface area contributed by atoms with E-state index in [0.717, 1.165) is 43.7 Å². The van der Waals surface area contributed by atoms with E-state index in [1.54, 1.807) is 9.69 Å². The number of carbonyl (C=O) groups excluding carboxylic acids is 1. The van der Waals surface area contributed by atoms with E-state index >= 15 is 0 Å². The summed E-state index contributed by atoms with van der Waals surface area (Å²) in [4.78, 5) is 12.0. The summed E-state index contributed by atoms with van der Waals surface area (Å²) in [7, 11) is -2.43. The van der Waals surface area contributed by atoms with Gasteiger partial charge in [0, 0.05) is 12.6 Å². The Morgan fingerprint density at radius 1 is 1.45 bits per heavy atom.